The molecule has 0 heterocycles. The molecule has 2 aromatic carbocycles. The summed E-state index contributed by atoms with van der Waals surface area (Å²) >= 11 is 0. The number of aryl methyl sites for hydroxylation is 1. The quantitative estimate of drug-likeness (QED) is 0.577. The van der Waals surface area contributed by atoms with Gasteiger partial charge in [-0.25, -0.2) is 0 Å². The van der Waals surface area contributed by atoms with Gasteiger partial charge in [-0.2, -0.15) is 0 Å². The van der Waals surface area contributed by atoms with Crippen LogP contribution in [0, 0.1) is 0 Å². The van der Waals surface area contributed by atoms with E-state index in [0.717, 1.165) is 23.4 Å². The van der Waals surface area contributed by atoms with Crippen LogP contribution in [-0.2, 0) is 13.0 Å². The summed E-state index contributed by atoms with van der Waals surface area (Å²) in [7, 11) is 0. The third-order valence-corrected chi connectivity index (χ3v) is 3.35. The minimum absolute atomic E-state index is 0. The Balaban J connectivity index is 0.00000220. The fourth-order valence-electron chi connectivity index (χ4n) is 2.18. The number of benzene rings is 2. The van der Waals surface area contributed by atoms with E-state index < -0.39 is 0 Å². The van der Waals surface area contributed by atoms with E-state index in [1.165, 1.54) is 24.8 Å². The predicted molar refractivity (Wildman–Crippen MR) is 92.1 cm³/mol. The van der Waals surface area contributed by atoms with Crippen LogP contribution in [-0.4, -0.2) is 0 Å². The van der Waals surface area contributed by atoms with E-state index in [0.29, 0.717) is 6.61 Å². The molecule has 3 heteroatoms. The molecule has 0 spiro atoms. The first kappa shape index (κ1) is 17.4. The average molecular weight is 306 g/mol. The van der Waals surface area contributed by atoms with Crippen molar-refractivity contribution >= 4 is 18.1 Å². The monoisotopic (exact) mass is 305 g/mol. The molecule has 0 amide bonds. The van der Waals surface area contributed by atoms with Crippen molar-refractivity contribution in [2.45, 2.75) is 39.2 Å². The van der Waals surface area contributed by atoms with Crippen molar-refractivity contribution in [2.24, 2.45) is 0 Å². The van der Waals surface area contributed by atoms with Crippen LogP contribution in [0.5, 0.6) is 5.75 Å². The summed E-state index contributed by atoms with van der Waals surface area (Å²) in [6.45, 7) is 2.79. The molecule has 0 bridgehead atoms. The number of hydrogen-bond donors (Lipinski definition) is 1. The van der Waals surface area contributed by atoms with E-state index in [1.807, 2.05) is 36.4 Å². The summed E-state index contributed by atoms with van der Waals surface area (Å²) in [6.07, 6.45) is 4.98. The molecule has 21 heavy (non-hydrogen) atoms. The molecule has 0 atom stereocenters. The van der Waals surface area contributed by atoms with Gasteiger partial charge in [0.1, 0.15) is 12.4 Å². The first-order chi connectivity index (χ1) is 9.78. The van der Waals surface area contributed by atoms with E-state index in [2.05, 4.69) is 19.1 Å². The Labute approximate surface area is 133 Å². The second-order valence-electron chi connectivity index (χ2n) is 5.13. The fourth-order valence-corrected chi connectivity index (χ4v) is 2.18. The molecular weight excluding hydrogens is 282 g/mol. The van der Waals surface area contributed by atoms with E-state index in [4.69, 9.17) is 10.5 Å². The maximum Gasteiger partial charge on any atom is 0.119 e. The van der Waals surface area contributed by atoms with E-state index in [9.17, 15) is 0 Å². The molecule has 2 nitrogen and oxygen atoms in total. The predicted octanol–water partition coefficient (Wildman–Crippen LogP) is 5.00. The van der Waals surface area contributed by atoms with Crippen molar-refractivity contribution in [1.82, 2.24) is 0 Å². The van der Waals surface area contributed by atoms with Crippen molar-refractivity contribution in [1.29, 1.82) is 0 Å². The Morgan fingerprint density at radius 3 is 2.38 bits per heavy atom. The highest BCUT2D eigenvalue weighted by Gasteiger charge is 1.98. The molecule has 0 fully saturated rings. The number of anilines is 1. The summed E-state index contributed by atoms with van der Waals surface area (Å²) < 4.78 is 5.77. The van der Waals surface area contributed by atoms with Crippen LogP contribution in [0.2, 0.25) is 0 Å². The minimum atomic E-state index is 0. The maximum atomic E-state index is 5.77. The van der Waals surface area contributed by atoms with Crippen molar-refractivity contribution in [3.8, 4) is 5.75 Å². The SMILES string of the molecule is CCCCCc1ccc(OCc2cccc(N)c2)cc1.Cl. The lowest BCUT2D eigenvalue weighted by Gasteiger charge is -2.08. The van der Waals surface area contributed by atoms with Gasteiger partial charge in [0.2, 0.25) is 0 Å². The van der Waals surface area contributed by atoms with Gasteiger partial charge >= 0.3 is 0 Å². The molecule has 114 valence electrons. The number of hydrogen-bond acceptors (Lipinski definition) is 2. The Hall–Kier alpha value is -1.67. The number of unbranched alkanes of at least 4 members (excludes halogenated alkanes) is 2. The normalized spacial score (nSPS) is 9.95. The van der Waals surface area contributed by atoms with Crippen LogP contribution < -0.4 is 10.5 Å². The van der Waals surface area contributed by atoms with Crippen LogP contribution in [0.3, 0.4) is 0 Å². The van der Waals surface area contributed by atoms with E-state index in [1.54, 1.807) is 0 Å². The van der Waals surface area contributed by atoms with Crippen LogP contribution in [0.15, 0.2) is 48.5 Å². The van der Waals surface area contributed by atoms with Crippen molar-refractivity contribution in [3.63, 3.8) is 0 Å². The highest BCUT2D eigenvalue weighted by atomic mass is 35.5. The second-order valence-corrected chi connectivity index (χ2v) is 5.13. The van der Waals surface area contributed by atoms with Gasteiger partial charge in [0.25, 0.3) is 0 Å². The molecule has 0 radical (unpaired) electrons. The van der Waals surface area contributed by atoms with Crippen LogP contribution in [0.1, 0.15) is 37.3 Å². The van der Waals surface area contributed by atoms with Crippen molar-refractivity contribution in [2.75, 3.05) is 5.73 Å². The highest BCUT2D eigenvalue weighted by molar-refractivity contribution is 5.85. The Kier molecular flexibility index (Phi) is 7.70. The number of rotatable bonds is 7. The smallest absolute Gasteiger partial charge is 0.119 e. The number of ether oxygens (including phenoxy) is 1. The molecule has 2 N–H and O–H groups in total. The first-order valence-electron chi connectivity index (χ1n) is 7.34. The maximum absolute atomic E-state index is 5.77. The topological polar surface area (TPSA) is 35.2 Å². The summed E-state index contributed by atoms with van der Waals surface area (Å²) in [5, 5.41) is 0. The Bertz CT molecular complexity index is 525. The first-order valence-corrected chi connectivity index (χ1v) is 7.34. The van der Waals surface area contributed by atoms with Gasteiger partial charge in [0.05, 0.1) is 0 Å². The lowest BCUT2D eigenvalue weighted by atomic mass is 10.1. The zero-order valence-corrected chi connectivity index (χ0v) is 13.4. The third-order valence-electron chi connectivity index (χ3n) is 3.35. The van der Waals surface area contributed by atoms with Gasteiger partial charge in [0, 0.05) is 5.69 Å². The van der Waals surface area contributed by atoms with Gasteiger partial charge in [-0.3, -0.25) is 0 Å². The zero-order chi connectivity index (χ0) is 14.2. The van der Waals surface area contributed by atoms with E-state index in [-0.39, 0.29) is 12.4 Å². The Morgan fingerprint density at radius 1 is 0.952 bits per heavy atom. The lowest BCUT2D eigenvalue weighted by molar-refractivity contribution is 0.306. The highest BCUT2D eigenvalue weighted by Crippen LogP contribution is 2.16. The van der Waals surface area contributed by atoms with Crippen molar-refractivity contribution < 1.29 is 4.74 Å². The molecule has 0 aromatic heterocycles. The van der Waals surface area contributed by atoms with Gasteiger partial charge in [-0.1, -0.05) is 44.0 Å². The fraction of sp³-hybridized carbons (Fsp3) is 0.333. The average Bonchev–Trinajstić information content (AvgIpc) is 2.47. The van der Waals surface area contributed by atoms with Gasteiger partial charge in [0.15, 0.2) is 0 Å². The molecule has 0 aliphatic carbocycles. The molecule has 2 aromatic rings. The zero-order valence-electron chi connectivity index (χ0n) is 12.5. The molecule has 0 saturated carbocycles. The van der Waals surface area contributed by atoms with Gasteiger partial charge in [-0.15, -0.1) is 12.4 Å². The molecule has 0 aliphatic heterocycles. The summed E-state index contributed by atoms with van der Waals surface area (Å²) in [5.41, 5.74) is 9.00. The van der Waals surface area contributed by atoms with E-state index >= 15 is 0 Å². The molecule has 0 aliphatic rings. The molecule has 0 saturated heterocycles. The van der Waals surface area contributed by atoms with Crippen LogP contribution in [0.25, 0.3) is 0 Å². The Morgan fingerprint density at radius 2 is 1.71 bits per heavy atom. The molecule has 0 unspecified atom stereocenters. The summed E-state index contributed by atoms with van der Waals surface area (Å²) in [5.74, 6) is 0.909. The number of nitrogen functional groups attached to an aromatic ring is 1. The van der Waals surface area contributed by atoms with Gasteiger partial charge in [-0.05, 0) is 48.2 Å². The number of nitrogens with two attached hydrogens (primary N) is 1. The third kappa shape index (κ3) is 6.09. The van der Waals surface area contributed by atoms with Gasteiger partial charge < -0.3 is 10.5 Å². The minimum Gasteiger partial charge on any atom is -0.489 e. The second kappa shape index (κ2) is 9.30. The molecule has 2 rings (SSSR count). The van der Waals surface area contributed by atoms with Crippen molar-refractivity contribution in [3.05, 3.63) is 59.7 Å². The summed E-state index contributed by atoms with van der Waals surface area (Å²) in [6, 6.07) is 16.2. The number of halogens is 1. The standard InChI is InChI=1S/C18H23NO.ClH/c1-2-3-4-6-15-9-11-18(12-10-15)20-14-16-7-5-8-17(19)13-16;/h5,7-13H,2-4,6,14,19H2,1H3;1H. The molecular formula is C18H24ClNO. The summed E-state index contributed by atoms with van der Waals surface area (Å²) in [4.78, 5) is 0. The lowest BCUT2D eigenvalue weighted by Crippen LogP contribution is -1.96. The van der Waals surface area contributed by atoms with Crippen LogP contribution in [0.4, 0.5) is 5.69 Å². The van der Waals surface area contributed by atoms with Crippen LogP contribution >= 0.6 is 12.4 Å². The largest absolute Gasteiger partial charge is 0.489 e.